The molecule has 1 unspecified atom stereocenters. The summed E-state index contributed by atoms with van der Waals surface area (Å²) in [7, 11) is 0. The van der Waals surface area contributed by atoms with Gasteiger partial charge >= 0.3 is 0 Å². The number of nitrogens with two attached hydrogens (primary N) is 1. The maximum Gasteiger partial charge on any atom is 0.128 e. The van der Waals surface area contributed by atoms with Crippen molar-refractivity contribution in [1.82, 2.24) is 9.97 Å². The normalized spacial score (nSPS) is 12.3. The van der Waals surface area contributed by atoms with Crippen molar-refractivity contribution in [2.45, 2.75) is 38.6 Å². The highest BCUT2D eigenvalue weighted by Gasteiger charge is 2.04. The maximum atomic E-state index is 5.96. The molecule has 3 heteroatoms. The largest absolute Gasteiger partial charge is 0.327 e. The summed E-state index contributed by atoms with van der Waals surface area (Å²) in [6, 6.07) is 12.6. The molecule has 0 radical (unpaired) electrons. The SMILES string of the molecule is CCC(N)Cc1ccnc(CCc2ccccc2)n1. The third-order valence-electron chi connectivity index (χ3n) is 3.24. The second-order valence-corrected chi connectivity index (χ2v) is 4.82. The van der Waals surface area contributed by atoms with Crippen LogP contribution in [0.2, 0.25) is 0 Å². The van der Waals surface area contributed by atoms with Gasteiger partial charge in [-0.05, 0) is 24.5 Å². The molecule has 0 aliphatic rings. The van der Waals surface area contributed by atoms with Gasteiger partial charge in [-0.2, -0.15) is 0 Å². The summed E-state index contributed by atoms with van der Waals surface area (Å²) < 4.78 is 0. The quantitative estimate of drug-likeness (QED) is 0.863. The summed E-state index contributed by atoms with van der Waals surface area (Å²) in [5.74, 6) is 0.907. The Morgan fingerprint density at radius 1 is 1.11 bits per heavy atom. The average molecular weight is 255 g/mol. The molecule has 1 heterocycles. The van der Waals surface area contributed by atoms with Crippen LogP contribution in [0.5, 0.6) is 0 Å². The fraction of sp³-hybridized carbons (Fsp3) is 0.375. The summed E-state index contributed by atoms with van der Waals surface area (Å²) in [6.45, 7) is 2.10. The molecular weight excluding hydrogens is 234 g/mol. The molecule has 0 aliphatic heterocycles. The first-order valence-corrected chi connectivity index (χ1v) is 6.88. The van der Waals surface area contributed by atoms with Crippen molar-refractivity contribution in [2.75, 3.05) is 0 Å². The molecule has 0 saturated carbocycles. The van der Waals surface area contributed by atoms with E-state index in [2.05, 4.69) is 41.2 Å². The number of hydrogen-bond donors (Lipinski definition) is 1. The zero-order chi connectivity index (χ0) is 13.5. The van der Waals surface area contributed by atoms with Crippen LogP contribution in [0.4, 0.5) is 0 Å². The minimum atomic E-state index is 0.192. The third kappa shape index (κ3) is 4.45. The van der Waals surface area contributed by atoms with Crippen molar-refractivity contribution in [2.24, 2.45) is 5.73 Å². The van der Waals surface area contributed by atoms with Crippen molar-refractivity contribution < 1.29 is 0 Å². The molecular formula is C16H21N3. The highest BCUT2D eigenvalue weighted by molar-refractivity contribution is 5.15. The molecule has 3 nitrogen and oxygen atoms in total. The van der Waals surface area contributed by atoms with Gasteiger partial charge in [-0.15, -0.1) is 0 Å². The van der Waals surface area contributed by atoms with Crippen LogP contribution >= 0.6 is 0 Å². The molecule has 2 N–H and O–H groups in total. The molecule has 19 heavy (non-hydrogen) atoms. The highest BCUT2D eigenvalue weighted by atomic mass is 14.9. The van der Waals surface area contributed by atoms with Gasteiger partial charge in [0.2, 0.25) is 0 Å². The summed E-state index contributed by atoms with van der Waals surface area (Å²) in [5, 5.41) is 0. The molecule has 0 spiro atoms. The fourth-order valence-corrected chi connectivity index (χ4v) is 1.99. The molecule has 100 valence electrons. The topological polar surface area (TPSA) is 51.8 Å². The van der Waals surface area contributed by atoms with Gasteiger partial charge in [0.05, 0.1) is 0 Å². The Hall–Kier alpha value is -1.74. The fourth-order valence-electron chi connectivity index (χ4n) is 1.99. The Balaban J connectivity index is 1.95. The number of aromatic nitrogens is 2. The number of hydrogen-bond acceptors (Lipinski definition) is 3. The molecule has 0 fully saturated rings. The molecule has 1 atom stereocenters. The van der Waals surface area contributed by atoms with E-state index in [-0.39, 0.29) is 6.04 Å². The van der Waals surface area contributed by atoms with E-state index in [9.17, 15) is 0 Å². The van der Waals surface area contributed by atoms with E-state index in [1.54, 1.807) is 0 Å². The van der Waals surface area contributed by atoms with E-state index in [0.717, 1.165) is 37.2 Å². The Morgan fingerprint density at radius 2 is 1.89 bits per heavy atom. The van der Waals surface area contributed by atoms with Crippen LogP contribution < -0.4 is 5.73 Å². The summed E-state index contributed by atoms with van der Waals surface area (Å²) in [6.07, 6.45) is 5.50. The van der Waals surface area contributed by atoms with Crippen LogP contribution in [-0.2, 0) is 19.3 Å². The van der Waals surface area contributed by atoms with Gasteiger partial charge in [0, 0.05) is 30.8 Å². The number of benzene rings is 1. The maximum absolute atomic E-state index is 5.96. The van der Waals surface area contributed by atoms with Gasteiger partial charge in [0.25, 0.3) is 0 Å². The first-order chi connectivity index (χ1) is 9.28. The van der Waals surface area contributed by atoms with E-state index in [1.165, 1.54) is 5.56 Å². The molecule has 2 aromatic rings. The van der Waals surface area contributed by atoms with Crippen molar-refractivity contribution in [1.29, 1.82) is 0 Å². The summed E-state index contributed by atoms with van der Waals surface area (Å²) >= 11 is 0. The molecule has 0 aliphatic carbocycles. The first-order valence-electron chi connectivity index (χ1n) is 6.88. The number of aryl methyl sites for hydroxylation is 2. The van der Waals surface area contributed by atoms with Crippen LogP contribution in [0.1, 0.15) is 30.4 Å². The lowest BCUT2D eigenvalue weighted by molar-refractivity contribution is 0.632. The molecule has 0 amide bonds. The average Bonchev–Trinajstić information content (AvgIpc) is 2.46. The minimum Gasteiger partial charge on any atom is -0.327 e. The van der Waals surface area contributed by atoms with E-state index < -0.39 is 0 Å². The predicted octanol–water partition coefficient (Wildman–Crippen LogP) is 2.54. The lowest BCUT2D eigenvalue weighted by Crippen LogP contribution is -2.22. The zero-order valence-electron chi connectivity index (χ0n) is 11.4. The zero-order valence-corrected chi connectivity index (χ0v) is 11.4. The van der Waals surface area contributed by atoms with E-state index in [0.29, 0.717) is 0 Å². The summed E-state index contributed by atoms with van der Waals surface area (Å²) in [4.78, 5) is 8.92. The lowest BCUT2D eigenvalue weighted by Gasteiger charge is -2.08. The lowest BCUT2D eigenvalue weighted by atomic mass is 10.1. The molecule has 1 aromatic carbocycles. The predicted molar refractivity (Wildman–Crippen MR) is 77.9 cm³/mol. The first kappa shape index (κ1) is 13.7. The Morgan fingerprint density at radius 3 is 2.63 bits per heavy atom. The molecule has 1 aromatic heterocycles. The Kier molecular flexibility index (Phi) is 5.04. The highest BCUT2D eigenvalue weighted by Crippen LogP contribution is 2.06. The van der Waals surface area contributed by atoms with E-state index >= 15 is 0 Å². The second-order valence-electron chi connectivity index (χ2n) is 4.82. The molecule has 0 bridgehead atoms. The number of nitrogens with zero attached hydrogens (tertiary/aromatic N) is 2. The van der Waals surface area contributed by atoms with Crippen LogP contribution in [0, 0.1) is 0 Å². The van der Waals surface area contributed by atoms with Crippen LogP contribution in [-0.4, -0.2) is 16.0 Å². The molecule has 2 rings (SSSR count). The Bertz CT molecular complexity index is 496. The Labute approximate surface area is 114 Å². The minimum absolute atomic E-state index is 0.192. The molecule has 0 saturated heterocycles. The van der Waals surface area contributed by atoms with Crippen molar-refractivity contribution in [3.8, 4) is 0 Å². The second kappa shape index (κ2) is 7.00. The van der Waals surface area contributed by atoms with Crippen molar-refractivity contribution >= 4 is 0 Å². The number of rotatable bonds is 6. The van der Waals surface area contributed by atoms with Gasteiger partial charge in [-0.3, -0.25) is 0 Å². The van der Waals surface area contributed by atoms with Crippen LogP contribution in [0.3, 0.4) is 0 Å². The van der Waals surface area contributed by atoms with Crippen LogP contribution in [0.25, 0.3) is 0 Å². The van der Waals surface area contributed by atoms with Gasteiger partial charge in [0.1, 0.15) is 5.82 Å². The van der Waals surface area contributed by atoms with Gasteiger partial charge in [0.15, 0.2) is 0 Å². The van der Waals surface area contributed by atoms with Crippen molar-refractivity contribution in [3.05, 3.63) is 59.7 Å². The van der Waals surface area contributed by atoms with E-state index in [4.69, 9.17) is 5.73 Å². The standard InChI is InChI=1S/C16H21N3/c1-2-14(17)12-15-10-11-18-16(19-15)9-8-13-6-4-3-5-7-13/h3-7,10-11,14H,2,8-9,12,17H2,1H3. The van der Waals surface area contributed by atoms with Gasteiger partial charge in [-0.1, -0.05) is 37.3 Å². The van der Waals surface area contributed by atoms with Crippen molar-refractivity contribution in [3.63, 3.8) is 0 Å². The van der Waals surface area contributed by atoms with Gasteiger partial charge < -0.3 is 5.73 Å². The smallest absolute Gasteiger partial charge is 0.128 e. The monoisotopic (exact) mass is 255 g/mol. The van der Waals surface area contributed by atoms with Gasteiger partial charge in [-0.25, -0.2) is 9.97 Å². The summed E-state index contributed by atoms with van der Waals surface area (Å²) in [5.41, 5.74) is 8.33. The van der Waals surface area contributed by atoms with E-state index in [1.807, 2.05) is 18.3 Å². The van der Waals surface area contributed by atoms with Crippen LogP contribution in [0.15, 0.2) is 42.6 Å². The third-order valence-corrected chi connectivity index (χ3v) is 3.24.